The van der Waals surface area contributed by atoms with Crippen molar-refractivity contribution in [3.8, 4) is 0 Å². The van der Waals surface area contributed by atoms with Crippen molar-refractivity contribution in [2.24, 2.45) is 0 Å². The zero-order valence-corrected chi connectivity index (χ0v) is 10.7. The van der Waals surface area contributed by atoms with Crippen molar-refractivity contribution in [1.29, 1.82) is 0 Å². The number of nitrogens with one attached hydrogen (secondary N) is 3. The Morgan fingerprint density at radius 1 is 1.20 bits per heavy atom. The SMILES string of the molecule is O=C1CCC(NC(=O)Nc2cc(F)cc(F)c2)CCN1. The standard InChI is InChI=1S/C13H15F2N3O2/c14-8-5-9(15)7-11(6-8)18-13(20)17-10-1-2-12(19)16-4-3-10/h5-7,10H,1-4H2,(H,16,19)(H2,17,18,20). The average molecular weight is 283 g/mol. The molecule has 1 unspecified atom stereocenters. The number of rotatable bonds is 2. The van der Waals surface area contributed by atoms with E-state index in [4.69, 9.17) is 0 Å². The first-order chi connectivity index (χ1) is 9.52. The number of halogens is 2. The van der Waals surface area contributed by atoms with E-state index in [0.29, 0.717) is 25.8 Å². The molecule has 1 atom stereocenters. The van der Waals surface area contributed by atoms with Crippen LogP contribution < -0.4 is 16.0 Å². The molecule has 0 radical (unpaired) electrons. The molecule has 1 aliphatic heterocycles. The van der Waals surface area contributed by atoms with Crippen LogP contribution in [0.5, 0.6) is 0 Å². The maximum Gasteiger partial charge on any atom is 0.319 e. The minimum absolute atomic E-state index is 0.0399. The number of hydrogen-bond acceptors (Lipinski definition) is 2. The van der Waals surface area contributed by atoms with Gasteiger partial charge in [-0.1, -0.05) is 0 Å². The van der Waals surface area contributed by atoms with Crippen LogP contribution in [0, 0.1) is 11.6 Å². The Bertz CT molecular complexity index is 502. The highest BCUT2D eigenvalue weighted by molar-refractivity contribution is 5.89. The molecule has 3 N–H and O–H groups in total. The molecule has 3 amide bonds. The minimum Gasteiger partial charge on any atom is -0.356 e. The third-order valence-electron chi connectivity index (χ3n) is 2.99. The van der Waals surface area contributed by atoms with Crippen molar-refractivity contribution in [2.45, 2.75) is 25.3 Å². The molecule has 1 aromatic rings. The first-order valence-corrected chi connectivity index (χ1v) is 6.33. The van der Waals surface area contributed by atoms with Gasteiger partial charge < -0.3 is 16.0 Å². The molecule has 7 heteroatoms. The fraction of sp³-hybridized carbons (Fsp3) is 0.385. The van der Waals surface area contributed by atoms with E-state index in [9.17, 15) is 18.4 Å². The summed E-state index contributed by atoms with van der Waals surface area (Å²) in [5.74, 6) is -1.56. The molecular formula is C13H15F2N3O2. The molecule has 108 valence electrons. The molecular weight excluding hydrogens is 268 g/mol. The highest BCUT2D eigenvalue weighted by Gasteiger charge is 2.17. The van der Waals surface area contributed by atoms with E-state index in [1.807, 2.05) is 0 Å². The van der Waals surface area contributed by atoms with Crippen molar-refractivity contribution in [3.63, 3.8) is 0 Å². The summed E-state index contributed by atoms with van der Waals surface area (Å²) in [4.78, 5) is 22.9. The average Bonchev–Trinajstić information content (AvgIpc) is 2.53. The number of amides is 3. The van der Waals surface area contributed by atoms with Crippen LogP contribution in [0.4, 0.5) is 19.3 Å². The lowest BCUT2D eigenvalue weighted by atomic mass is 10.1. The van der Waals surface area contributed by atoms with Gasteiger partial charge in [0.05, 0.1) is 0 Å². The normalized spacial score (nSPS) is 18.9. The van der Waals surface area contributed by atoms with Gasteiger partial charge in [0.1, 0.15) is 11.6 Å². The zero-order valence-electron chi connectivity index (χ0n) is 10.7. The third-order valence-corrected chi connectivity index (χ3v) is 2.99. The summed E-state index contributed by atoms with van der Waals surface area (Å²) in [5, 5.41) is 7.75. The Balaban J connectivity index is 1.90. The van der Waals surface area contributed by atoms with Gasteiger partial charge in [0.25, 0.3) is 0 Å². The molecule has 0 spiro atoms. The van der Waals surface area contributed by atoms with E-state index >= 15 is 0 Å². The van der Waals surface area contributed by atoms with E-state index < -0.39 is 17.7 Å². The molecule has 1 fully saturated rings. The molecule has 0 aromatic heterocycles. The molecule has 5 nitrogen and oxygen atoms in total. The van der Waals surface area contributed by atoms with Gasteiger partial charge >= 0.3 is 6.03 Å². The van der Waals surface area contributed by atoms with E-state index in [0.717, 1.165) is 18.2 Å². The van der Waals surface area contributed by atoms with Gasteiger partial charge in [0, 0.05) is 30.8 Å². The highest BCUT2D eigenvalue weighted by atomic mass is 19.1. The smallest absolute Gasteiger partial charge is 0.319 e. The number of urea groups is 1. The quantitative estimate of drug-likeness (QED) is 0.774. The Hall–Kier alpha value is -2.18. The lowest BCUT2D eigenvalue weighted by Crippen LogP contribution is -2.38. The lowest BCUT2D eigenvalue weighted by Gasteiger charge is -2.16. The second-order valence-electron chi connectivity index (χ2n) is 4.63. The van der Waals surface area contributed by atoms with E-state index in [1.165, 1.54) is 0 Å². The monoisotopic (exact) mass is 283 g/mol. The second kappa shape index (κ2) is 6.31. The molecule has 1 heterocycles. The summed E-state index contributed by atoms with van der Waals surface area (Å²) in [5.41, 5.74) is 0.0443. The van der Waals surface area contributed by atoms with E-state index in [-0.39, 0.29) is 17.6 Å². The lowest BCUT2D eigenvalue weighted by molar-refractivity contribution is -0.120. The molecule has 1 aromatic carbocycles. The third kappa shape index (κ3) is 4.18. The van der Waals surface area contributed by atoms with E-state index in [2.05, 4.69) is 16.0 Å². The summed E-state index contributed by atoms with van der Waals surface area (Å²) in [7, 11) is 0. The van der Waals surface area contributed by atoms with Crippen LogP contribution in [0.15, 0.2) is 18.2 Å². The molecule has 0 aliphatic carbocycles. The van der Waals surface area contributed by atoms with Gasteiger partial charge in [0.15, 0.2) is 0 Å². The maximum atomic E-state index is 13.0. The predicted molar refractivity (Wildman–Crippen MR) is 69.2 cm³/mol. The summed E-state index contributed by atoms with van der Waals surface area (Å²) in [6.07, 6.45) is 1.51. The van der Waals surface area contributed by atoms with Crippen molar-refractivity contribution >= 4 is 17.6 Å². The van der Waals surface area contributed by atoms with Gasteiger partial charge in [-0.3, -0.25) is 4.79 Å². The molecule has 20 heavy (non-hydrogen) atoms. The molecule has 2 rings (SSSR count). The predicted octanol–water partition coefficient (Wildman–Crippen LogP) is 1.75. The maximum absolute atomic E-state index is 13.0. The van der Waals surface area contributed by atoms with Crippen molar-refractivity contribution in [3.05, 3.63) is 29.8 Å². The first-order valence-electron chi connectivity index (χ1n) is 6.33. The fourth-order valence-electron chi connectivity index (χ4n) is 2.05. The molecule has 0 saturated carbocycles. The number of benzene rings is 1. The van der Waals surface area contributed by atoms with Crippen molar-refractivity contribution < 1.29 is 18.4 Å². The topological polar surface area (TPSA) is 70.2 Å². The van der Waals surface area contributed by atoms with Gasteiger partial charge in [-0.2, -0.15) is 0 Å². The Labute approximate surface area is 114 Å². The number of anilines is 1. The van der Waals surface area contributed by atoms with Crippen LogP contribution in [0.2, 0.25) is 0 Å². The summed E-state index contributed by atoms with van der Waals surface area (Å²) in [6, 6.07) is 2.09. The largest absolute Gasteiger partial charge is 0.356 e. The molecule has 1 aliphatic rings. The van der Waals surface area contributed by atoms with Gasteiger partial charge in [-0.15, -0.1) is 0 Å². The van der Waals surface area contributed by atoms with Gasteiger partial charge in [-0.25, -0.2) is 13.6 Å². The Morgan fingerprint density at radius 3 is 2.60 bits per heavy atom. The van der Waals surface area contributed by atoms with Crippen LogP contribution in [-0.4, -0.2) is 24.5 Å². The number of carbonyl (C=O) groups is 2. The Morgan fingerprint density at radius 2 is 1.90 bits per heavy atom. The summed E-state index contributed by atoms with van der Waals surface area (Å²) >= 11 is 0. The summed E-state index contributed by atoms with van der Waals surface area (Å²) < 4.78 is 26.0. The van der Waals surface area contributed by atoms with Gasteiger partial charge in [0.2, 0.25) is 5.91 Å². The van der Waals surface area contributed by atoms with E-state index in [1.54, 1.807) is 0 Å². The fourth-order valence-corrected chi connectivity index (χ4v) is 2.05. The van der Waals surface area contributed by atoms with Crippen molar-refractivity contribution in [1.82, 2.24) is 10.6 Å². The molecule has 0 bridgehead atoms. The zero-order chi connectivity index (χ0) is 14.5. The second-order valence-corrected chi connectivity index (χ2v) is 4.63. The van der Waals surface area contributed by atoms with Crippen molar-refractivity contribution in [2.75, 3.05) is 11.9 Å². The van der Waals surface area contributed by atoms with Gasteiger partial charge in [-0.05, 0) is 25.0 Å². The van der Waals surface area contributed by atoms with Crippen LogP contribution in [0.1, 0.15) is 19.3 Å². The van der Waals surface area contributed by atoms with Crippen LogP contribution in [-0.2, 0) is 4.79 Å². The van der Waals surface area contributed by atoms with Crippen LogP contribution in [0.25, 0.3) is 0 Å². The highest BCUT2D eigenvalue weighted by Crippen LogP contribution is 2.13. The minimum atomic E-state index is -0.760. The van der Waals surface area contributed by atoms with Crippen LogP contribution in [0.3, 0.4) is 0 Å². The number of carbonyl (C=O) groups excluding carboxylic acids is 2. The Kier molecular flexibility index (Phi) is 4.49. The summed E-state index contributed by atoms with van der Waals surface area (Å²) in [6.45, 7) is 0.498. The number of hydrogen-bond donors (Lipinski definition) is 3. The first kappa shape index (κ1) is 14.2. The molecule has 1 saturated heterocycles. The van der Waals surface area contributed by atoms with Crippen LogP contribution >= 0.6 is 0 Å².